The van der Waals surface area contributed by atoms with Crippen LogP contribution in [0.4, 0.5) is 5.82 Å². The van der Waals surface area contributed by atoms with E-state index in [0.717, 1.165) is 30.0 Å². The molecular weight excluding hydrogens is 250 g/mol. The molecule has 2 unspecified atom stereocenters. The van der Waals surface area contributed by atoms with Gasteiger partial charge in [0.25, 0.3) is 0 Å². The van der Waals surface area contributed by atoms with Crippen LogP contribution in [-0.4, -0.2) is 27.2 Å². The summed E-state index contributed by atoms with van der Waals surface area (Å²) in [5.41, 5.74) is 0.874. The second-order valence-electron chi connectivity index (χ2n) is 5.25. The summed E-state index contributed by atoms with van der Waals surface area (Å²) in [6.07, 6.45) is 2.66. The normalized spacial score (nSPS) is 18.5. The molecule has 1 fully saturated rings. The molecule has 2 N–H and O–H groups in total. The van der Waals surface area contributed by atoms with Gasteiger partial charge in [-0.3, -0.25) is 0 Å². The average Bonchev–Trinajstić information content (AvgIpc) is 3.06. The first-order valence-electron chi connectivity index (χ1n) is 6.46. The molecule has 1 aliphatic rings. The Kier molecular flexibility index (Phi) is 4.07. The number of rotatable bonds is 5. The maximum absolute atomic E-state index is 9.38. The zero-order valence-electron chi connectivity index (χ0n) is 11.1. The molecule has 2 atom stereocenters. The quantitative estimate of drug-likeness (QED) is 0.807. The van der Waals surface area contributed by atoms with Crippen molar-refractivity contribution in [2.45, 2.75) is 58.1 Å². The fraction of sp³-hybridized carbons (Fsp3) is 0.692. The monoisotopic (exact) mass is 269 g/mol. The molecule has 2 rings (SSSR count). The Morgan fingerprint density at radius 3 is 2.61 bits per heavy atom. The highest BCUT2D eigenvalue weighted by atomic mass is 35.5. The fourth-order valence-corrected chi connectivity index (χ4v) is 2.15. The van der Waals surface area contributed by atoms with Crippen LogP contribution in [0.3, 0.4) is 0 Å². The van der Waals surface area contributed by atoms with Gasteiger partial charge in [0, 0.05) is 17.5 Å². The third-order valence-corrected chi connectivity index (χ3v) is 3.49. The summed E-state index contributed by atoms with van der Waals surface area (Å²) in [4.78, 5) is 8.88. The predicted octanol–water partition coefficient (Wildman–Crippen LogP) is 2.89. The zero-order valence-corrected chi connectivity index (χ0v) is 11.8. The van der Waals surface area contributed by atoms with E-state index in [1.807, 2.05) is 13.8 Å². The van der Waals surface area contributed by atoms with Crippen molar-refractivity contribution < 1.29 is 5.11 Å². The molecule has 0 radical (unpaired) electrons. The first-order valence-corrected chi connectivity index (χ1v) is 6.83. The topological polar surface area (TPSA) is 58.0 Å². The maximum Gasteiger partial charge on any atom is 0.137 e. The highest BCUT2D eigenvalue weighted by molar-refractivity contribution is 6.30. The minimum absolute atomic E-state index is 0.154. The van der Waals surface area contributed by atoms with Crippen molar-refractivity contribution in [3.8, 4) is 0 Å². The molecule has 18 heavy (non-hydrogen) atoms. The van der Waals surface area contributed by atoms with E-state index in [9.17, 15) is 5.11 Å². The van der Waals surface area contributed by atoms with E-state index in [2.05, 4.69) is 15.3 Å². The molecular formula is C13H20ClN3O. The molecule has 1 saturated carbocycles. The molecule has 4 nitrogen and oxygen atoms in total. The molecule has 0 saturated heterocycles. The summed E-state index contributed by atoms with van der Waals surface area (Å²) in [7, 11) is 0. The summed E-state index contributed by atoms with van der Waals surface area (Å²) in [5, 5.41) is 13.2. The molecule has 0 amide bonds. The molecule has 1 aromatic rings. The van der Waals surface area contributed by atoms with E-state index in [-0.39, 0.29) is 12.1 Å². The molecule has 0 aliphatic heterocycles. The van der Waals surface area contributed by atoms with Crippen LogP contribution in [0.15, 0.2) is 0 Å². The van der Waals surface area contributed by atoms with Gasteiger partial charge in [-0.05, 0) is 40.0 Å². The van der Waals surface area contributed by atoms with E-state index in [1.165, 1.54) is 0 Å². The van der Waals surface area contributed by atoms with Crippen LogP contribution in [0.5, 0.6) is 0 Å². The van der Waals surface area contributed by atoms with Gasteiger partial charge < -0.3 is 10.4 Å². The van der Waals surface area contributed by atoms with Crippen LogP contribution in [0, 0.1) is 6.92 Å². The SMILES string of the molecule is Cc1c(Cl)nc(C2CC2)nc1NC(C)CC(C)O. The summed E-state index contributed by atoms with van der Waals surface area (Å²) < 4.78 is 0. The van der Waals surface area contributed by atoms with Gasteiger partial charge in [-0.2, -0.15) is 0 Å². The van der Waals surface area contributed by atoms with Crippen molar-refractivity contribution in [2.24, 2.45) is 0 Å². The van der Waals surface area contributed by atoms with Gasteiger partial charge in [0.05, 0.1) is 6.10 Å². The molecule has 1 heterocycles. The first kappa shape index (κ1) is 13.6. The highest BCUT2D eigenvalue weighted by Crippen LogP contribution is 2.39. The van der Waals surface area contributed by atoms with Crippen LogP contribution in [0.2, 0.25) is 5.15 Å². The number of aromatic nitrogens is 2. The summed E-state index contributed by atoms with van der Waals surface area (Å²) in [5.74, 6) is 2.12. The lowest BCUT2D eigenvalue weighted by Gasteiger charge is -2.18. The first-order chi connectivity index (χ1) is 8.47. The van der Waals surface area contributed by atoms with Gasteiger partial charge in [-0.1, -0.05) is 11.6 Å². The van der Waals surface area contributed by atoms with Gasteiger partial charge in [0.2, 0.25) is 0 Å². The molecule has 5 heteroatoms. The number of anilines is 1. The van der Waals surface area contributed by atoms with E-state index in [4.69, 9.17) is 11.6 Å². The largest absolute Gasteiger partial charge is 0.393 e. The lowest BCUT2D eigenvalue weighted by Crippen LogP contribution is -2.22. The Balaban J connectivity index is 2.15. The van der Waals surface area contributed by atoms with E-state index >= 15 is 0 Å². The minimum atomic E-state index is -0.326. The number of hydrogen-bond acceptors (Lipinski definition) is 4. The number of nitrogens with zero attached hydrogens (tertiary/aromatic N) is 2. The van der Waals surface area contributed by atoms with Crippen molar-refractivity contribution >= 4 is 17.4 Å². The number of aliphatic hydroxyl groups excluding tert-OH is 1. The Bertz CT molecular complexity index is 432. The Morgan fingerprint density at radius 2 is 2.06 bits per heavy atom. The summed E-state index contributed by atoms with van der Waals surface area (Å²) in [6.45, 7) is 5.73. The molecule has 0 spiro atoms. The predicted molar refractivity (Wildman–Crippen MR) is 73.1 cm³/mol. The van der Waals surface area contributed by atoms with Crippen molar-refractivity contribution in [3.05, 3.63) is 16.5 Å². The van der Waals surface area contributed by atoms with Crippen molar-refractivity contribution in [1.82, 2.24) is 9.97 Å². The maximum atomic E-state index is 9.38. The van der Waals surface area contributed by atoms with E-state index < -0.39 is 0 Å². The standard InChI is InChI=1S/C13H20ClN3O/c1-7(6-8(2)18)15-12-9(3)11(14)16-13(17-12)10-4-5-10/h7-8,10,18H,4-6H2,1-3H3,(H,15,16,17). The molecule has 100 valence electrons. The van der Waals surface area contributed by atoms with E-state index in [1.54, 1.807) is 6.92 Å². The van der Waals surface area contributed by atoms with Crippen LogP contribution in [-0.2, 0) is 0 Å². The number of halogens is 1. The van der Waals surface area contributed by atoms with Gasteiger partial charge in [-0.25, -0.2) is 9.97 Å². The van der Waals surface area contributed by atoms with Gasteiger partial charge >= 0.3 is 0 Å². The van der Waals surface area contributed by atoms with Gasteiger partial charge in [0.1, 0.15) is 16.8 Å². The third kappa shape index (κ3) is 3.33. The smallest absolute Gasteiger partial charge is 0.137 e. The Labute approximate surface area is 113 Å². The van der Waals surface area contributed by atoms with Crippen LogP contribution in [0.1, 0.15) is 50.4 Å². The second kappa shape index (κ2) is 5.41. The van der Waals surface area contributed by atoms with Gasteiger partial charge in [0.15, 0.2) is 0 Å². The number of aliphatic hydroxyl groups is 1. The van der Waals surface area contributed by atoms with Crippen LogP contribution >= 0.6 is 11.6 Å². The highest BCUT2D eigenvalue weighted by Gasteiger charge is 2.28. The Hall–Kier alpha value is -0.870. The average molecular weight is 270 g/mol. The van der Waals surface area contributed by atoms with Gasteiger partial charge in [-0.15, -0.1) is 0 Å². The lowest BCUT2D eigenvalue weighted by molar-refractivity contribution is 0.179. The molecule has 1 aliphatic carbocycles. The van der Waals surface area contributed by atoms with Crippen molar-refractivity contribution in [2.75, 3.05) is 5.32 Å². The lowest BCUT2D eigenvalue weighted by atomic mass is 10.1. The molecule has 0 bridgehead atoms. The minimum Gasteiger partial charge on any atom is -0.393 e. The van der Waals surface area contributed by atoms with Crippen molar-refractivity contribution in [1.29, 1.82) is 0 Å². The van der Waals surface area contributed by atoms with Crippen molar-refractivity contribution in [3.63, 3.8) is 0 Å². The summed E-state index contributed by atoms with van der Waals surface area (Å²) in [6, 6.07) is 0.154. The van der Waals surface area contributed by atoms with Crippen LogP contribution in [0.25, 0.3) is 0 Å². The van der Waals surface area contributed by atoms with E-state index in [0.29, 0.717) is 17.5 Å². The number of hydrogen-bond donors (Lipinski definition) is 2. The third-order valence-electron chi connectivity index (χ3n) is 3.12. The Morgan fingerprint density at radius 1 is 1.39 bits per heavy atom. The fourth-order valence-electron chi connectivity index (χ4n) is 1.97. The zero-order chi connectivity index (χ0) is 13.3. The summed E-state index contributed by atoms with van der Waals surface area (Å²) >= 11 is 6.14. The number of nitrogens with one attached hydrogen (secondary N) is 1. The second-order valence-corrected chi connectivity index (χ2v) is 5.61. The molecule has 0 aromatic carbocycles. The van der Waals surface area contributed by atoms with Crippen LogP contribution < -0.4 is 5.32 Å². The molecule has 1 aromatic heterocycles.